The first-order chi connectivity index (χ1) is 11.8. The third-order valence-electron chi connectivity index (χ3n) is 3.19. The molecule has 0 spiro atoms. The number of amides is 1. The van der Waals surface area contributed by atoms with E-state index in [0.717, 1.165) is 4.70 Å². The van der Waals surface area contributed by atoms with Crippen molar-refractivity contribution in [3.8, 4) is 0 Å². The molecule has 130 valence electrons. The molecule has 0 saturated heterocycles. The summed E-state index contributed by atoms with van der Waals surface area (Å²) in [7, 11) is -3.78. The second kappa shape index (κ2) is 7.09. The molecule has 0 saturated carbocycles. The number of sulfone groups is 1. The van der Waals surface area contributed by atoms with Crippen LogP contribution in [0, 0.1) is 0 Å². The maximum absolute atomic E-state index is 12.3. The Morgan fingerprint density at radius 1 is 1.08 bits per heavy atom. The van der Waals surface area contributed by atoms with Gasteiger partial charge < -0.3 is 5.32 Å². The van der Waals surface area contributed by atoms with Crippen molar-refractivity contribution in [2.75, 3.05) is 11.1 Å². The largest absolute Gasteiger partial charge is 0.301 e. The van der Waals surface area contributed by atoms with Crippen LogP contribution in [0.4, 0.5) is 5.13 Å². The van der Waals surface area contributed by atoms with Crippen LogP contribution in [0.25, 0.3) is 10.2 Å². The number of hydrogen-bond acceptors (Lipinski definition) is 5. The normalized spacial score (nSPS) is 11.6. The molecule has 1 N–H and O–H groups in total. The summed E-state index contributed by atoms with van der Waals surface area (Å²) >= 11 is 18.9. The van der Waals surface area contributed by atoms with Gasteiger partial charge in [0.1, 0.15) is 11.3 Å². The van der Waals surface area contributed by atoms with E-state index in [2.05, 4.69) is 10.3 Å². The van der Waals surface area contributed by atoms with E-state index in [0.29, 0.717) is 15.6 Å². The molecule has 0 aliphatic carbocycles. The molecule has 0 radical (unpaired) electrons. The number of nitrogens with one attached hydrogen (secondary N) is 1. The van der Waals surface area contributed by atoms with Crippen molar-refractivity contribution < 1.29 is 13.2 Å². The predicted octanol–water partition coefficient (Wildman–Crippen LogP) is 4.67. The van der Waals surface area contributed by atoms with Crippen LogP contribution in [0.1, 0.15) is 0 Å². The Bertz CT molecular complexity index is 1060. The fourth-order valence-corrected chi connectivity index (χ4v) is 4.61. The lowest BCUT2D eigenvalue weighted by Crippen LogP contribution is -2.22. The van der Waals surface area contributed by atoms with Crippen LogP contribution in [0.2, 0.25) is 15.1 Å². The summed E-state index contributed by atoms with van der Waals surface area (Å²) in [6.45, 7) is 0. The number of anilines is 1. The standard InChI is InChI=1S/C15H9Cl3N2O3S2/c16-8-1-3-9(4-2-8)25(22,23)7-12(21)19-15-20-14-11(24-15)6-5-10(17)13(14)18/h1-6H,7H2,(H,19,20,21). The highest BCUT2D eigenvalue weighted by atomic mass is 35.5. The van der Waals surface area contributed by atoms with Gasteiger partial charge in [-0.05, 0) is 36.4 Å². The number of hydrogen-bond donors (Lipinski definition) is 1. The smallest absolute Gasteiger partial charge is 0.241 e. The van der Waals surface area contributed by atoms with Gasteiger partial charge in [0.25, 0.3) is 0 Å². The average Bonchev–Trinajstić information content (AvgIpc) is 2.94. The lowest BCUT2D eigenvalue weighted by atomic mass is 10.3. The number of fused-ring (bicyclic) bond motifs is 1. The van der Waals surface area contributed by atoms with E-state index in [1.807, 2.05) is 0 Å². The Hall–Kier alpha value is -1.38. The van der Waals surface area contributed by atoms with Gasteiger partial charge in [-0.25, -0.2) is 13.4 Å². The Balaban J connectivity index is 1.78. The summed E-state index contributed by atoms with van der Waals surface area (Å²) in [5.41, 5.74) is 0.454. The molecule has 0 bridgehead atoms. The van der Waals surface area contributed by atoms with Gasteiger partial charge >= 0.3 is 0 Å². The fraction of sp³-hybridized carbons (Fsp3) is 0.0667. The van der Waals surface area contributed by atoms with Crippen molar-refractivity contribution in [1.29, 1.82) is 0 Å². The third-order valence-corrected chi connectivity index (χ3v) is 6.81. The molecule has 1 aromatic heterocycles. The van der Waals surface area contributed by atoms with E-state index in [1.54, 1.807) is 12.1 Å². The van der Waals surface area contributed by atoms with Crippen LogP contribution in [-0.2, 0) is 14.6 Å². The molecule has 3 aromatic rings. The Kier molecular flexibility index (Phi) is 5.22. The van der Waals surface area contributed by atoms with Crippen LogP contribution >= 0.6 is 46.1 Å². The topological polar surface area (TPSA) is 76.1 Å². The molecular formula is C15H9Cl3N2O3S2. The molecule has 0 aliphatic rings. The Labute approximate surface area is 162 Å². The first-order valence-corrected chi connectivity index (χ1v) is 10.4. The van der Waals surface area contributed by atoms with Gasteiger partial charge in [0.05, 0.1) is 19.6 Å². The first-order valence-electron chi connectivity index (χ1n) is 6.79. The van der Waals surface area contributed by atoms with E-state index in [-0.39, 0.29) is 15.0 Å². The van der Waals surface area contributed by atoms with Crippen molar-refractivity contribution in [3.63, 3.8) is 0 Å². The van der Waals surface area contributed by atoms with Gasteiger partial charge in [0.15, 0.2) is 15.0 Å². The second-order valence-electron chi connectivity index (χ2n) is 4.99. The van der Waals surface area contributed by atoms with Crippen molar-refractivity contribution >= 4 is 77.2 Å². The fourth-order valence-electron chi connectivity index (χ4n) is 2.04. The zero-order valence-corrected chi connectivity index (χ0v) is 16.2. The number of nitrogens with zero attached hydrogens (tertiary/aromatic N) is 1. The number of aromatic nitrogens is 1. The van der Waals surface area contributed by atoms with Crippen LogP contribution < -0.4 is 5.32 Å². The lowest BCUT2D eigenvalue weighted by molar-refractivity contribution is -0.113. The van der Waals surface area contributed by atoms with E-state index >= 15 is 0 Å². The first kappa shape index (κ1) is 18.4. The minimum Gasteiger partial charge on any atom is -0.301 e. The number of halogens is 3. The Morgan fingerprint density at radius 3 is 2.44 bits per heavy atom. The molecule has 0 fully saturated rings. The molecule has 2 aromatic carbocycles. The SMILES string of the molecule is O=C(CS(=O)(=O)c1ccc(Cl)cc1)Nc1nc2c(Cl)c(Cl)ccc2s1. The molecule has 1 heterocycles. The average molecular weight is 436 g/mol. The highest BCUT2D eigenvalue weighted by Gasteiger charge is 2.20. The number of rotatable bonds is 4. The van der Waals surface area contributed by atoms with Crippen molar-refractivity contribution in [2.45, 2.75) is 4.90 Å². The van der Waals surface area contributed by atoms with Crippen LogP contribution in [-0.4, -0.2) is 25.1 Å². The Morgan fingerprint density at radius 2 is 1.76 bits per heavy atom. The van der Waals surface area contributed by atoms with Gasteiger partial charge in [0, 0.05) is 5.02 Å². The number of thiazole rings is 1. The summed E-state index contributed by atoms with van der Waals surface area (Å²) in [6.07, 6.45) is 0. The van der Waals surface area contributed by atoms with Gasteiger partial charge in [-0.1, -0.05) is 46.1 Å². The van der Waals surface area contributed by atoms with E-state index < -0.39 is 21.5 Å². The summed E-state index contributed by atoms with van der Waals surface area (Å²) in [4.78, 5) is 16.3. The monoisotopic (exact) mass is 434 g/mol. The predicted molar refractivity (Wildman–Crippen MR) is 102 cm³/mol. The second-order valence-corrected chi connectivity index (χ2v) is 9.23. The van der Waals surface area contributed by atoms with E-state index in [1.165, 1.54) is 35.6 Å². The molecule has 0 atom stereocenters. The zero-order chi connectivity index (χ0) is 18.2. The van der Waals surface area contributed by atoms with Gasteiger partial charge in [0.2, 0.25) is 5.91 Å². The maximum atomic E-state index is 12.3. The van der Waals surface area contributed by atoms with Gasteiger partial charge in [-0.2, -0.15) is 0 Å². The minimum absolute atomic E-state index is 0.0196. The molecule has 0 unspecified atom stereocenters. The molecule has 25 heavy (non-hydrogen) atoms. The summed E-state index contributed by atoms with van der Waals surface area (Å²) in [6, 6.07) is 8.95. The number of carbonyl (C=O) groups excluding carboxylic acids is 1. The van der Waals surface area contributed by atoms with Gasteiger partial charge in [-0.3, -0.25) is 4.79 Å². The van der Waals surface area contributed by atoms with E-state index in [9.17, 15) is 13.2 Å². The molecule has 3 rings (SSSR count). The summed E-state index contributed by atoms with van der Waals surface area (Å²) in [5.74, 6) is -1.41. The molecule has 0 aliphatic heterocycles. The summed E-state index contributed by atoms with van der Waals surface area (Å²) in [5, 5.41) is 3.77. The van der Waals surface area contributed by atoms with Crippen molar-refractivity contribution in [1.82, 2.24) is 4.98 Å². The summed E-state index contributed by atoms with van der Waals surface area (Å²) < 4.78 is 25.2. The quantitative estimate of drug-likeness (QED) is 0.646. The molecule has 1 amide bonds. The lowest BCUT2D eigenvalue weighted by Gasteiger charge is -2.04. The maximum Gasteiger partial charge on any atom is 0.241 e. The zero-order valence-electron chi connectivity index (χ0n) is 12.3. The van der Waals surface area contributed by atoms with Gasteiger partial charge in [-0.15, -0.1) is 0 Å². The van der Waals surface area contributed by atoms with Crippen molar-refractivity contribution in [3.05, 3.63) is 51.5 Å². The highest BCUT2D eigenvalue weighted by Crippen LogP contribution is 2.35. The molecule has 10 heteroatoms. The highest BCUT2D eigenvalue weighted by molar-refractivity contribution is 7.92. The van der Waals surface area contributed by atoms with Crippen LogP contribution in [0.5, 0.6) is 0 Å². The number of carbonyl (C=O) groups is 1. The minimum atomic E-state index is -3.78. The van der Waals surface area contributed by atoms with Crippen LogP contribution in [0.15, 0.2) is 41.3 Å². The third kappa shape index (κ3) is 4.07. The molecule has 5 nitrogen and oxygen atoms in total. The molecular weight excluding hydrogens is 427 g/mol. The van der Waals surface area contributed by atoms with E-state index in [4.69, 9.17) is 34.8 Å². The van der Waals surface area contributed by atoms with Crippen molar-refractivity contribution in [2.24, 2.45) is 0 Å². The van der Waals surface area contributed by atoms with Crippen LogP contribution in [0.3, 0.4) is 0 Å². The number of benzene rings is 2.